The monoisotopic (exact) mass is 248 g/mol. The third-order valence-corrected chi connectivity index (χ3v) is 4.11. The van der Waals surface area contributed by atoms with Gasteiger partial charge < -0.3 is 10.2 Å². The summed E-state index contributed by atoms with van der Waals surface area (Å²) in [4.78, 5) is 2.58. The summed E-state index contributed by atoms with van der Waals surface area (Å²) in [5, 5.41) is 0. The van der Waals surface area contributed by atoms with Gasteiger partial charge in [-0.05, 0) is 56.6 Å². The average molecular weight is 248 g/mol. The minimum atomic E-state index is 0.119. The van der Waals surface area contributed by atoms with Crippen molar-refractivity contribution >= 4 is 0 Å². The van der Waals surface area contributed by atoms with Gasteiger partial charge in [-0.2, -0.15) is 0 Å². The minimum Gasteiger partial charge on any atom is -0.468 e. The molecule has 0 aromatic carbocycles. The van der Waals surface area contributed by atoms with Gasteiger partial charge in [0.15, 0.2) is 0 Å². The molecule has 2 fully saturated rings. The normalized spacial score (nSPS) is 23.3. The van der Waals surface area contributed by atoms with Crippen molar-refractivity contribution in [3.05, 3.63) is 24.2 Å². The maximum Gasteiger partial charge on any atom is 0.122 e. The summed E-state index contributed by atoms with van der Waals surface area (Å²) in [6.45, 7) is 4.49. The van der Waals surface area contributed by atoms with Crippen molar-refractivity contribution in [3.63, 3.8) is 0 Å². The predicted molar refractivity (Wildman–Crippen MR) is 72.1 cm³/mol. The molecule has 0 radical (unpaired) electrons. The summed E-state index contributed by atoms with van der Waals surface area (Å²) in [5.41, 5.74) is 6.22. The topological polar surface area (TPSA) is 42.4 Å². The Morgan fingerprint density at radius 3 is 2.28 bits per heavy atom. The van der Waals surface area contributed by atoms with Gasteiger partial charge in [-0.1, -0.05) is 0 Å². The summed E-state index contributed by atoms with van der Waals surface area (Å²) < 4.78 is 5.62. The van der Waals surface area contributed by atoms with Crippen molar-refractivity contribution < 1.29 is 4.42 Å². The van der Waals surface area contributed by atoms with Gasteiger partial charge in [-0.3, -0.25) is 4.90 Å². The molecule has 3 heteroatoms. The molecule has 2 saturated carbocycles. The lowest BCUT2D eigenvalue weighted by atomic mass is 10.0. The lowest BCUT2D eigenvalue weighted by Crippen LogP contribution is -2.41. The van der Waals surface area contributed by atoms with Gasteiger partial charge in [-0.25, -0.2) is 0 Å². The van der Waals surface area contributed by atoms with Gasteiger partial charge >= 0.3 is 0 Å². The van der Waals surface area contributed by atoms with E-state index in [0.29, 0.717) is 0 Å². The van der Waals surface area contributed by atoms with Crippen LogP contribution in [0.15, 0.2) is 22.8 Å². The van der Waals surface area contributed by atoms with Crippen LogP contribution in [0.1, 0.15) is 44.4 Å². The van der Waals surface area contributed by atoms with Gasteiger partial charge in [0.25, 0.3) is 0 Å². The van der Waals surface area contributed by atoms with Crippen molar-refractivity contribution in [2.45, 2.75) is 44.7 Å². The highest BCUT2D eigenvalue weighted by molar-refractivity contribution is 5.08. The number of hydrogen-bond acceptors (Lipinski definition) is 3. The van der Waals surface area contributed by atoms with Crippen molar-refractivity contribution in [3.8, 4) is 0 Å². The molecule has 2 unspecified atom stereocenters. The molecule has 0 saturated heterocycles. The number of hydrogen-bond donors (Lipinski definition) is 1. The SMILES string of the molecule is CC(N)C(c1ccco1)N(CC1CC1)CC1CC1. The Labute approximate surface area is 109 Å². The second kappa shape index (κ2) is 5.06. The Hall–Kier alpha value is -0.800. The third-order valence-electron chi connectivity index (χ3n) is 4.11. The zero-order valence-corrected chi connectivity index (χ0v) is 11.2. The van der Waals surface area contributed by atoms with Crippen LogP contribution in [-0.4, -0.2) is 24.0 Å². The van der Waals surface area contributed by atoms with Crippen molar-refractivity contribution in [1.29, 1.82) is 0 Å². The van der Waals surface area contributed by atoms with Crippen LogP contribution in [0.2, 0.25) is 0 Å². The van der Waals surface area contributed by atoms with E-state index in [9.17, 15) is 0 Å². The van der Waals surface area contributed by atoms with Gasteiger partial charge in [0.1, 0.15) is 5.76 Å². The zero-order chi connectivity index (χ0) is 12.5. The molecule has 1 aromatic heterocycles. The molecule has 2 N–H and O–H groups in total. The molecule has 0 bridgehead atoms. The van der Waals surface area contributed by atoms with Crippen molar-refractivity contribution in [2.24, 2.45) is 17.6 Å². The van der Waals surface area contributed by atoms with E-state index in [1.165, 1.54) is 38.8 Å². The smallest absolute Gasteiger partial charge is 0.122 e. The molecule has 1 heterocycles. The van der Waals surface area contributed by atoms with Crippen LogP contribution in [0.3, 0.4) is 0 Å². The van der Waals surface area contributed by atoms with Crippen LogP contribution < -0.4 is 5.73 Å². The first-order valence-corrected chi connectivity index (χ1v) is 7.27. The van der Waals surface area contributed by atoms with Crippen LogP contribution >= 0.6 is 0 Å². The number of nitrogens with two attached hydrogens (primary N) is 1. The quantitative estimate of drug-likeness (QED) is 0.807. The molecular formula is C15H24N2O. The van der Waals surface area contributed by atoms with Crippen molar-refractivity contribution in [2.75, 3.05) is 13.1 Å². The fourth-order valence-corrected chi connectivity index (χ4v) is 2.80. The van der Waals surface area contributed by atoms with E-state index in [2.05, 4.69) is 17.9 Å². The standard InChI is InChI=1S/C15H24N2O/c1-11(16)15(14-3-2-8-18-14)17(9-12-4-5-12)10-13-6-7-13/h2-3,8,11-13,15H,4-7,9-10,16H2,1H3. The lowest BCUT2D eigenvalue weighted by molar-refractivity contribution is 0.142. The largest absolute Gasteiger partial charge is 0.468 e. The van der Waals surface area contributed by atoms with Crippen LogP contribution in [0.25, 0.3) is 0 Å². The van der Waals surface area contributed by atoms with E-state index in [1.807, 2.05) is 6.07 Å². The molecular weight excluding hydrogens is 224 g/mol. The maximum absolute atomic E-state index is 6.22. The molecule has 3 rings (SSSR count). The Kier molecular flexibility index (Phi) is 3.44. The number of furan rings is 1. The first-order chi connectivity index (χ1) is 8.74. The van der Waals surface area contributed by atoms with E-state index < -0.39 is 0 Å². The Balaban J connectivity index is 1.74. The molecule has 0 amide bonds. The first-order valence-electron chi connectivity index (χ1n) is 7.27. The summed E-state index contributed by atoms with van der Waals surface area (Å²) in [6, 6.07) is 4.41. The van der Waals surface area contributed by atoms with E-state index >= 15 is 0 Å². The average Bonchev–Trinajstić information content (AvgIpc) is 3.23. The number of nitrogens with zero attached hydrogens (tertiary/aromatic N) is 1. The van der Waals surface area contributed by atoms with Gasteiger partial charge in [0.05, 0.1) is 12.3 Å². The Morgan fingerprint density at radius 2 is 1.89 bits per heavy atom. The van der Waals surface area contributed by atoms with Crippen LogP contribution in [0.5, 0.6) is 0 Å². The van der Waals surface area contributed by atoms with Crippen LogP contribution in [0.4, 0.5) is 0 Å². The van der Waals surface area contributed by atoms with E-state index in [-0.39, 0.29) is 12.1 Å². The number of rotatable bonds is 7. The van der Waals surface area contributed by atoms with Crippen LogP contribution in [0, 0.1) is 11.8 Å². The molecule has 2 atom stereocenters. The first kappa shape index (κ1) is 12.2. The predicted octanol–water partition coefficient (Wildman–Crippen LogP) is 2.79. The fourth-order valence-electron chi connectivity index (χ4n) is 2.80. The van der Waals surface area contributed by atoms with Gasteiger partial charge in [-0.15, -0.1) is 0 Å². The van der Waals surface area contributed by atoms with Gasteiger partial charge in [0, 0.05) is 19.1 Å². The minimum absolute atomic E-state index is 0.119. The molecule has 18 heavy (non-hydrogen) atoms. The summed E-state index contributed by atoms with van der Waals surface area (Å²) >= 11 is 0. The molecule has 0 spiro atoms. The van der Waals surface area contributed by atoms with E-state index in [1.54, 1.807) is 6.26 Å². The lowest BCUT2D eigenvalue weighted by Gasteiger charge is -2.33. The highest BCUT2D eigenvalue weighted by Crippen LogP contribution is 2.37. The van der Waals surface area contributed by atoms with E-state index in [0.717, 1.165) is 17.6 Å². The summed E-state index contributed by atoms with van der Waals surface area (Å²) in [6.07, 6.45) is 7.34. The molecule has 0 aliphatic heterocycles. The molecule has 3 nitrogen and oxygen atoms in total. The zero-order valence-electron chi connectivity index (χ0n) is 11.2. The Morgan fingerprint density at radius 1 is 1.28 bits per heavy atom. The Bertz CT molecular complexity index is 352. The maximum atomic E-state index is 6.22. The highest BCUT2D eigenvalue weighted by Gasteiger charge is 2.35. The van der Waals surface area contributed by atoms with Gasteiger partial charge in [0.2, 0.25) is 0 Å². The molecule has 1 aromatic rings. The highest BCUT2D eigenvalue weighted by atomic mass is 16.3. The van der Waals surface area contributed by atoms with Crippen LogP contribution in [-0.2, 0) is 0 Å². The van der Waals surface area contributed by atoms with E-state index in [4.69, 9.17) is 10.2 Å². The van der Waals surface area contributed by atoms with Crippen molar-refractivity contribution in [1.82, 2.24) is 4.90 Å². The second-order valence-electron chi connectivity index (χ2n) is 6.16. The molecule has 2 aliphatic rings. The molecule has 2 aliphatic carbocycles. The second-order valence-corrected chi connectivity index (χ2v) is 6.16. The third kappa shape index (κ3) is 2.96. The summed E-state index contributed by atoms with van der Waals surface area (Å²) in [7, 11) is 0. The summed E-state index contributed by atoms with van der Waals surface area (Å²) in [5.74, 6) is 2.84. The molecule has 100 valence electrons. The fraction of sp³-hybridized carbons (Fsp3) is 0.733.